The van der Waals surface area contributed by atoms with Gasteiger partial charge in [0.05, 0.1) is 26.4 Å². The molecule has 5 rings (SSSR count). The Hall–Kier alpha value is -4.66. The van der Waals surface area contributed by atoms with E-state index in [1.165, 1.54) is 12.2 Å². The van der Waals surface area contributed by atoms with E-state index in [2.05, 4.69) is 67.0 Å². The first-order valence-corrected chi connectivity index (χ1v) is 18.3. The lowest BCUT2D eigenvalue weighted by atomic mass is 9.78. The molecule has 1 aliphatic heterocycles. The topological polar surface area (TPSA) is 103 Å². The molecule has 0 saturated carbocycles. The zero-order valence-electron chi connectivity index (χ0n) is 29.6. The molecule has 4 aromatic carbocycles. The highest BCUT2D eigenvalue weighted by molar-refractivity contribution is 5.87. The zero-order valence-corrected chi connectivity index (χ0v) is 29.6. The van der Waals surface area contributed by atoms with Gasteiger partial charge in [-0.25, -0.2) is 9.59 Å². The highest BCUT2D eigenvalue weighted by Gasteiger charge is 2.41. The number of ether oxygens (including phenoxy) is 4. The lowest BCUT2D eigenvalue weighted by molar-refractivity contribution is -0.138. The molecule has 0 aromatic heterocycles. The van der Waals surface area contributed by atoms with Crippen LogP contribution in [0, 0.1) is 0 Å². The molecule has 1 heterocycles. The third kappa shape index (κ3) is 10.4. The van der Waals surface area contributed by atoms with Crippen molar-refractivity contribution in [2.24, 2.45) is 0 Å². The molecule has 0 spiro atoms. The third-order valence-electron chi connectivity index (χ3n) is 9.51. The summed E-state index contributed by atoms with van der Waals surface area (Å²) in [6.07, 6.45) is 11.7. The number of carbonyl (C=O) groups excluding carboxylic acids is 2. The van der Waals surface area contributed by atoms with E-state index in [4.69, 9.17) is 18.9 Å². The molecule has 0 unspecified atom stereocenters. The van der Waals surface area contributed by atoms with Crippen LogP contribution in [0.3, 0.4) is 0 Å². The van der Waals surface area contributed by atoms with Crippen LogP contribution in [0.2, 0.25) is 0 Å². The van der Waals surface area contributed by atoms with E-state index < -0.39 is 5.60 Å². The van der Waals surface area contributed by atoms with Crippen molar-refractivity contribution in [3.8, 4) is 11.5 Å². The summed E-state index contributed by atoms with van der Waals surface area (Å²) in [6.45, 7) is 9.77. The zero-order chi connectivity index (χ0) is 35.9. The number of fused-ring (bicyclic) bond motifs is 2. The van der Waals surface area contributed by atoms with E-state index in [9.17, 15) is 14.7 Å². The van der Waals surface area contributed by atoms with Crippen molar-refractivity contribution in [2.75, 3.05) is 33.0 Å². The third-order valence-corrected chi connectivity index (χ3v) is 9.51. The Bertz CT molecular complexity index is 1660. The molecule has 8 heteroatoms. The number of rotatable bonds is 21. The Morgan fingerprint density at radius 3 is 1.51 bits per heavy atom. The molecule has 1 atom stereocenters. The molecular formula is C43H51NO7. The number of hydrogen-bond donors (Lipinski definition) is 2. The van der Waals surface area contributed by atoms with E-state index in [1.54, 1.807) is 0 Å². The first-order chi connectivity index (χ1) is 24.9. The van der Waals surface area contributed by atoms with Crippen molar-refractivity contribution in [2.45, 2.75) is 75.9 Å². The fraction of sp³-hybridized carbons (Fsp3) is 0.395. The quantitative estimate of drug-likeness (QED) is 0.0511. The minimum Gasteiger partial charge on any atom is -0.494 e. The van der Waals surface area contributed by atoms with Crippen molar-refractivity contribution in [3.05, 3.63) is 109 Å². The second-order valence-electron chi connectivity index (χ2n) is 13.1. The van der Waals surface area contributed by atoms with Crippen LogP contribution in [0.25, 0.3) is 21.5 Å². The summed E-state index contributed by atoms with van der Waals surface area (Å²) in [7, 11) is 0. The summed E-state index contributed by atoms with van der Waals surface area (Å²) in [5, 5.41) is 20.4. The van der Waals surface area contributed by atoms with Crippen LogP contribution in [-0.4, -0.2) is 56.1 Å². The molecule has 1 aliphatic rings. The summed E-state index contributed by atoms with van der Waals surface area (Å²) in [4.78, 5) is 22.3. The maximum Gasteiger partial charge on any atom is 0.330 e. The Kier molecular flexibility index (Phi) is 14.1. The molecule has 0 bridgehead atoms. The van der Waals surface area contributed by atoms with Gasteiger partial charge in [0.15, 0.2) is 0 Å². The number of esters is 2. The van der Waals surface area contributed by atoms with Gasteiger partial charge in [0.2, 0.25) is 0 Å². The number of carbonyl (C=O) groups is 2. The highest BCUT2D eigenvalue weighted by atomic mass is 16.5. The van der Waals surface area contributed by atoms with Crippen LogP contribution >= 0.6 is 0 Å². The van der Waals surface area contributed by atoms with Gasteiger partial charge >= 0.3 is 11.9 Å². The largest absolute Gasteiger partial charge is 0.494 e. The number of nitrogens with one attached hydrogen (secondary N) is 1. The summed E-state index contributed by atoms with van der Waals surface area (Å²) < 4.78 is 22.1. The van der Waals surface area contributed by atoms with Crippen molar-refractivity contribution in [1.82, 2.24) is 5.32 Å². The molecule has 270 valence electrons. The van der Waals surface area contributed by atoms with Gasteiger partial charge in [-0.2, -0.15) is 0 Å². The maximum absolute atomic E-state index is 12.6. The van der Waals surface area contributed by atoms with Gasteiger partial charge in [0, 0.05) is 18.2 Å². The Morgan fingerprint density at radius 1 is 0.647 bits per heavy atom. The van der Waals surface area contributed by atoms with Crippen LogP contribution in [0.15, 0.2) is 98.1 Å². The SMILES string of the molecule is C=CC(=O)OCCCCCCOc1ccc2cc(C(O)(c3ccc4cc(OCCCCCCOC(=O)C=C)ccc4c3)[C@@H]3CCCN3)ccc2c1. The Balaban J connectivity index is 1.19. The summed E-state index contributed by atoms with van der Waals surface area (Å²) in [5.41, 5.74) is 0.511. The van der Waals surface area contributed by atoms with Crippen LogP contribution in [0.4, 0.5) is 0 Å². The number of unbranched alkanes of at least 4 members (excludes halogenated alkanes) is 6. The first kappa shape index (κ1) is 37.6. The van der Waals surface area contributed by atoms with E-state index in [0.29, 0.717) is 26.4 Å². The summed E-state index contributed by atoms with van der Waals surface area (Å²) in [5.74, 6) is 0.896. The fourth-order valence-corrected chi connectivity index (χ4v) is 6.67. The predicted molar refractivity (Wildman–Crippen MR) is 202 cm³/mol. The van der Waals surface area contributed by atoms with Crippen molar-refractivity contribution in [3.63, 3.8) is 0 Å². The number of aliphatic hydroxyl groups is 1. The van der Waals surface area contributed by atoms with Crippen molar-refractivity contribution >= 4 is 33.5 Å². The molecule has 8 nitrogen and oxygen atoms in total. The summed E-state index contributed by atoms with van der Waals surface area (Å²) in [6, 6.07) is 24.6. The van der Waals surface area contributed by atoms with E-state index >= 15 is 0 Å². The minimum atomic E-state index is -1.21. The molecular weight excluding hydrogens is 642 g/mol. The Labute approximate surface area is 301 Å². The summed E-state index contributed by atoms with van der Waals surface area (Å²) >= 11 is 0. The van der Waals surface area contributed by atoms with Crippen LogP contribution < -0.4 is 14.8 Å². The average molecular weight is 694 g/mol. The number of benzene rings is 4. The van der Waals surface area contributed by atoms with Gasteiger partial charge in [-0.1, -0.05) is 49.6 Å². The van der Waals surface area contributed by atoms with Gasteiger partial charge in [0.25, 0.3) is 0 Å². The van der Waals surface area contributed by atoms with E-state index in [0.717, 1.165) is 115 Å². The number of hydrogen-bond acceptors (Lipinski definition) is 8. The van der Waals surface area contributed by atoms with Gasteiger partial charge in [-0.3, -0.25) is 0 Å². The monoisotopic (exact) mass is 693 g/mol. The van der Waals surface area contributed by atoms with Crippen molar-refractivity contribution < 1.29 is 33.6 Å². The maximum atomic E-state index is 12.6. The van der Waals surface area contributed by atoms with Crippen molar-refractivity contribution in [1.29, 1.82) is 0 Å². The van der Waals surface area contributed by atoms with Crippen LogP contribution in [-0.2, 0) is 24.7 Å². The molecule has 4 aromatic rings. The second-order valence-corrected chi connectivity index (χ2v) is 13.1. The first-order valence-electron chi connectivity index (χ1n) is 18.3. The predicted octanol–water partition coefficient (Wildman–Crippen LogP) is 8.32. The smallest absolute Gasteiger partial charge is 0.330 e. The van der Waals surface area contributed by atoms with Gasteiger partial charge in [-0.15, -0.1) is 0 Å². The van der Waals surface area contributed by atoms with Crippen LogP contribution in [0.1, 0.15) is 75.3 Å². The molecule has 0 aliphatic carbocycles. The van der Waals surface area contributed by atoms with Gasteiger partial charge in [-0.05, 0) is 140 Å². The lowest BCUT2D eigenvalue weighted by Gasteiger charge is -2.36. The Morgan fingerprint density at radius 2 is 1.08 bits per heavy atom. The molecule has 1 saturated heterocycles. The molecule has 2 N–H and O–H groups in total. The standard InChI is InChI=1S/C43H51NO7/c1-3-41(45)50-26-11-7-5-9-24-48-38-21-17-32-28-36(19-15-34(32)30-38)43(47,40-14-13-23-44-40)37-20-16-35-31-39(22-18-33(35)29-37)49-25-10-6-8-12-27-51-42(46)4-2/h3-4,15-22,28-31,40,44,47H,1-2,5-14,23-27H2/t40-/m0/s1. The molecule has 0 radical (unpaired) electrons. The molecule has 51 heavy (non-hydrogen) atoms. The van der Waals surface area contributed by atoms with E-state index in [-0.39, 0.29) is 18.0 Å². The van der Waals surface area contributed by atoms with Gasteiger partial charge < -0.3 is 29.4 Å². The normalized spacial score (nSPS) is 14.3. The lowest BCUT2D eigenvalue weighted by Crippen LogP contribution is -2.46. The van der Waals surface area contributed by atoms with Gasteiger partial charge in [0.1, 0.15) is 17.1 Å². The van der Waals surface area contributed by atoms with E-state index in [1.807, 2.05) is 24.3 Å². The fourth-order valence-electron chi connectivity index (χ4n) is 6.67. The minimum absolute atomic E-state index is 0.110. The van der Waals surface area contributed by atoms with Crippen LogP contribution in [0.5, 0.6) is 11.5 Å². The second kappa shape index (κ2) is 19.1. The molecule has 1 fully saturated rings. The highest BCUT2D eigenvalue weighted by Crippen LogP contribution is 2.39. The molecule has 0 amide bonds. The average Bonchev–Trinajstić information content (AvgIpc) is 3.72.